The van der Waals surface area contributed by atoms with Crippen LogP contribution in [0.5, 0.6) is 0 Å². The van der Waals surface area contributed by atoms with E-state index in [2.05, 4.69) is 10.3 Å². The second-order valence-corrected chi connectivity index (χ2v) is 6.89. The minimum absolute atomic E-state index is 0.0675. The largest absolute Gasteiger partial charge is 0.383 e. The highest BCUT2D eigenvalue weighted by atomic mass is 35.5. The van der Waals surface area contributed by atoms with Gasteiger partial charge in [0.15, 0.2) is 0 Å². The summed E-state index contributed by atoms with van der Waals surface area (Å²) in [6.07, 6.45) is 3.10. The van der Waals surface area contributed by atoms with E-state index >= 15 is 0 Å². The summed E-state index contributed by atoms with van der Waals surface area (Å²) in [5.74, 6) is 0.459. The molecule has 1 aromatic rings. The van der Waals surface area contributed by atoms with E-state index in [0.717, 1.165) is 12.8 Å². The summed E-state index contributed by atoms with van der Waals surface area (Å²) in [7, 11) is -0.347. The number of pyridine rings is 1. The maximum absolute atomic E-state index is 12.6. The van der Waals surface area contributed by atoms with E-state index in [-0.39, 0.29) is 16.0 Å². The number of nitrogens with one attached hydrogen (secondary N) is 1. The lowest BCUT2D eigenvalue weighted by Gasteiger charge is -2.21. The summed E-state index contributed by atoms with van der Waals surface area (Å²) in [5.41, 5.74) is 0. The summed E-state index contributed by atoms with van der Waals surface area (Å²) >= 11 is 6.01. The number of nitrogens with zero attached hydrogens (tertiary/aromatic N) is 2. The van der Waals surface area contributed by atoms with Crippen molar-refractivity contribution in [2.45, 2.75) is 23.8 Å². The van der Waals surface area contributed by atoms with Crippen LogP contribution in [0.25, 0.3) is 0 Å². The molecule has 0 bridgehead atoms. The van der Waals surface area contributed by atoms with Gasteiger partial charge in [0.1, 0.15) is 10.7 Å². The number of hydrogen-bond donors (Lipinski definition) is 1. The van der Waals surface area contributed by atoms with Gasteiger partial charge in [-0.3, -0.25) is 0 Å². The average Bonchev–Trinajstić information content (AvgIpc) is 3.23. The van der Waals surface area contributed by atoms with Crippen LogP contribution in [0.4, 0.5) is 5.82 Å². The van der Waals surface area contributed by atoms with Gasteiger partial charge in [-0.2, -0.15) is 4.31 Å². The molecule has 112 valence electrons. The topological polar surface area (TPSA) is 71.5 Å². The molecule has 8 heteroatoms. The van der Waals surface area contributed by atoms with Crippen molar-refractivity contribution < 1.29 is 13.2 Å². The smallest absolute Gasteiger partial charge is 0.244 e. The number of anilines is 1. The fraction of sp³-hybridized carbons (Fsp3) is 0.583. The lowest BCUT2D eigenvalue weighted by molar-refractivity contribution is 0.177. The standard InChI is InChI=1S/C12H18ClN3O3S/c1-14-12-11(13)7-10(8-15-12)20(17,18)16(5-6-19-2)9-3-4-9/h7-9H,3-6H2,1-2H3,(H,14,15). The number of rotatable bonds is 7. The maximum Gasteiger partial charge on any atom is 0.244 e. The Bertz CT molecular complexity index is 575. The normalized spacial score (nSPS) is 15.6. The minimum Gasteiger partial charge on any atom is -0.383 e. The van der Waals surface area contributed by atoms with Crippen LogP contribution in [0.3, 0.4) is 0 Å². The van der Waals surface area contributed by atoms with Crippen molar-refractivity contribution in [3.8, 4) is 0 Å². The third-order valence-corrected chi connectivity index (χ3v) is 5.33. The van der Waals surface area contributed by atoms with Crippen molar-refractivity contribution in [3.63, 3.8) is 0 Å². The van der Waals surface area contributed by atoms with Gasteiger partial charge in [-0.15, -0.1) is 0 Å². The van der Waals surface area contributed by atoms with Gasteiger partial charge in [0, 0.05) is 32.9 Å². The van der Waals surface area contributed by atoms with Crippen LogP contribution in [0.15, 0.2) is 17.2 Å². The zero-order chi connectivity index (χ0) is 14.8. The fourth-order valence-electron chi connectivity index (χ4n) is 1.92. The molecular formula is C12H18ClN3O3S. The third kappa shape index (κ3) is 3.22. The molecule has 2 rings (SSSR count). The SMILES string of the molecule is CNc1ncc(S(=O)(=O)N(CCOC)C2CC2)cc1Cl. The van der Waals surface area contributed by atoms with Gasteiger partial charge in [-0.1, -0.05) is 11.6 Å². The van der Waals surface area contributed by atoms with Crippen LogP contribution in [0.1, 0.15) is 12.8 Å². The molecule has 0 aliphatic heterocycles. The van der Waals surface area contributed by atoms with Gasteiger partial charge in [0.05, 0.1) is 11.6 Å². The minimum atomic E-state index is -3.58. The first kappa shape index (κ1) is 15.5. The van der Waals surface area contributed by atoms with Gasteiger partial charge in [0.25, 0.3) is 0 Å². The molecule has 0 radical (unpaired) electrons. The summed E-state index contributed by atoms with van der Waals surface area (Å²) in [6, 6.07) is 1.50. The Morgan fingerprint density at radius 3 is 2.75 bits per heavy atom. The number of sulfonamides is 1. The Kier molecular flexibility index (Phi) is 4.85. The Morgan fingerprint density at radius 2 is 2.25 bits per heavy atom. The fourth-order valence-corrected chi connectivity index (χ4v) is 3.89. The highest BCUT2D eigenvalue weighted by molar-refractivity contribution is 7.89. The van der Waals surface area contributed by atoms with Crippen LogP contribution >= 0.6 is 11.6 Å². The van der Waals surface area contributed by atoms with Crippen LogP contribution in [0, 0.1) is 0 Å². The molecule has 1 heterocycles. The molecule has 1 aliphatic rings. The van der Waals surface area contributed by atoms with E-state index in [1.54, 1.807) is 14.2 Å². The Morgan fingerprint density at radius 1 is 1.55 bits per heavy atom. The van der Waals surface area contributed by atoms with E-state index in [1.807, 2.05) is 0 Å². The second kappa shape index (κ2) is 6.26. The number of hydrogen-bond acceptors (Lipinski definition) is 5. The molecular weight excluding hydrogens is 302 g/mol. The van der Waals surface area contributed by atoms with Gasteiger partial charge >= 0.3 is 0 Å². The zero-order valence-electron chi connectivity index (χ0n) is 11.5. The van der Waals surface area contributed by atoms with Crippen molar-refractivity contribution in [1.29, 1.82) is 0 Å². The first-order valence-electron chi connectivity index (χ1n) is 6.34. The molecule has 0 atom stereocenters. The molecule has 1 aromatic heterocycles. The molecule has 0 amide bonds. The summed E-state index contributed by atoms with van der Waals surface area (Å²) < 4.78 is 31.7. The molecule has 1 fully saturated rings. The number of ether oxygens (including phenoxy) is 1. The molecule has 1 N–H and O–H groups in total. The first-order chi connectivity index (χ1) is 9.50. The third-order valence-electron chi connectivity index (χ3n) is 3.13. The second-order valence-electron chi connectivity index (χ2n) is 4.59. The lowest BCUT2D eigenvalue weighted by atomic mass is 10.4. The summed E-state index contributed by atoms with van der Waals surface area (Å²) in [6.45, 7) is 0.709. The highest BCUT2D eigenvalue weighted by Crippen LogP contribution is 2.32. The molecule has 1 saturated carbocycles. The molecule has 0 spiro atoms. The summed E-state index contributed by atoms with van der Waals surface area (Å²) in [5, 5.41) is 3.09. The van der Waals surface area contributed by atoms with Crippen molar-refractivity contribution in [2.24, 2.45) is 0 Å². The van der Waals surface area contributed by atoms with Crippen molar-refractivity contribution >= 4 is 27.4 Å². The molecule has 1 aliphatic carbocycles. The van der Waals surface area contributed by atoms with Crippen molar-refractivity contribution in [3.05, 3.63) is 17.3 Å². The van der Waals surface area contributed by atoms with Gasteiger partial charge < -0.3 is 10.1 Å². The highest BCUT2D eigenvalue weighted by Gasteiger charge is 2.38. The maximum atomic E-state index is 12.6. The average molecular weight is 320 g/mol. The van der Waals surface area contributed by atoms with Gasteiger partial charge in [-0.05, 0) is 18.9 Å². The van der Waals surface area contributed by atoms with Crippen LogP contribution in [0.2, 0.25) is 5.02 Å². The van der Waals surface area contributed by atoms with Crippen molar-refractivity contribution in [1.82, 2.24) is 9.29 Å². The monoisotopic (exact) mass is 319 g/mol. The first-order valence-corrected chi connectivity index (χ1v) is 8.16. The van der Waals surface area contributed by atoms with Crippen LogP contribution in [-0.2, 0) is 14.8 Å². The Labute approximate surface area is 124 Å². The van der Waals surface area contributed by atoms with Crippen LogP contribution in [-0.4, -0.2) is 51.1 Å². The van der Waals surface area contributed by atoms with E-state index in [0.29, 0.717) is 19.0 Å². The van der Waals surface area contributed by atoms with E-state index in [9.17, 15) is 8.42 Å². The number of halogens is 1. The number of methoxy groups -OCH3 is 1. The van der Waals surface area contributed by atoms with Crippen LogP contribution < -0.4 is 5.32 Å². The predicted octanol–water partition coefficient (Wildman–Crippen LogP) is 1.58. The van der Waals surface area contributed by atoms with Gasteiger partial charge in [0.2, 0.25) is 10.0 Å². The number of aromatic nitrogens is 1. The van der Waals surface area contributed by atoms with E-state index < -0.39 is 10.0 Å². The molecule has 6 nitrogen and oxygen atoms in total. The quantitative estimate of drug-likeness (QED) is 0.826. The van der Waals surface area contributed by atoms with E-state index in [4.69, 9.17) is 16.3 Å². The Balaban J connectivity index is 2.29. The molecule has 0 saturated heterocycles. The van der Waals surface area contributed by atoms with E-state index in [1.165, 1.54) is 16.6 Å². The molecule has 0 aromatic carbocycles. The molecule has 20 heavy (non-hydrogen) atoms. The zero-order valence-corrected chi connectivity index (χ0v) is 13.0. The lowest BCUT2D eigenvalue weighted by Crippen LogP contribution is -2.35. The van der Waals surface area contributed by atoms with Gasteiger partial charge in [-0.25, -0.2) is 13.4 Å². The van der Waals surface area contributed by atoms with Crippen molar-refractivity contribution in [2.75, 3.05) is 32.6 Å². The Hall–Kier alpha value is -0.890. The predicted molar refractivity (Wildman–Crippen MR) is 77.6 cm³/mol. The summed E-state index contributed by atoms with van der Waals surface area (Å²) in [4.78, 5) is 4.14. The molecule has 0 unspecified atom stereocenters.